The Hall–Kier alpha value is -1.38. The highest BCUT2D eigenvalue weighted by molar-refractivity contribution is 7.90. The summed E-state index contributed by atoms with van der Waals surface area (Å²) in [6, 6.07) is 5.13. The molecule has 6 nitrogen and oxygen atoms in total. The first-order valence-electron chi connectivity index (χ1n) is 7.10. The van der Waals surface area contributed by atoms with E-state index in [-0.39, 0.29) is 4.90 Å². The predicted molar refractivity (Wildman–Crippen MR) is 84.9 cm³/mol. The number of amidine groups is 1. The van der Waals surface area contributed by atoms with Gasteiger partial charge in [0.15, 0.2) is 0 Å². The molecule has 0 aliphatic carbocycles. The second-order valence-electron chi connectivity index (χ2n) is 6.51. The van der Waals surface area contributed by atoms with E-state index in [1.54, 1.807) is 19.2 Å². The van der Waals surface area contributed by atoms with Crippen molar-refractivity contribution in [2.75, 3.05) is 7.05 Å². The van der Waals surface area contributed by atoms with Gasteiger partial charge in [-0.2, -0.15) is 8.42 Å². The second kappa shape index (κ2) is 4.56. The summed E-state index contributed by atoms with van der Waals surface area (Å²) in [4.78, 5) is 0.184. The summed E-state index contributed by atoms with van der Waals surface area (Å²) < 4.78 is 39.9. The maximum absolute atomic E-state index is 12.1. The van der Waals surface area contributed by atoms with Gasteiger partial charge in [0.25, 0.3) is 10.0 Å². The zero-order valence-electron chi connectivity index (χ0n) is 13.3. The molecule has 8 heteroatoms. The molecule has 0 saturated carbocycles. The van der Waals surface area contributed by atoms with Crippen molar-refractivity contribution in [1.29, 1.82) is 0 Å². The Bertz CT molecular complexity index is 755. The molecule has 0 unspecified atom stereocenters. The van der Waals surface area contributed by atoms with Crippen molar-refractivity contribution in [1.82, 2.24) is 5.32 Å². The number of hydrogen-bond acceptors (Lipinski definition) is 5. The van der Waals surface area contributed by atoms with Crippen LogP contribution in [0.25, 0.3) is 0 Å². The van der Waals surface area contributed by atoms with Gasteiger partial charge >= 0.3 is 7.12 Å². The molecule has 0 radical (unpaired) electrons. The van der Waals surface area contributed by atoms with Crippen molar-refractivity contribution < 1.29 is 17.7 Å². The van der Waals surface area contributed by atoms with Gasteiger partial charge in [0, 0.05) is 12.6 Å². The lowest BCUT2D eigenvalue weighted by atomic mass is 9.79. The Morgan fingerprint density at radius 3 is 2.27 bits per heavy atom. The molecule has 1 aromatic rings. The lowest BCUT2D eigenvalue weighted by Gasteiger charge is -2.32. The molecule has 2 aliphatic heterocycles. The normalized spacial score (nSPS) is 24.0. The summed E-state index contributed by atoms with van der Waals surface area (Å²) in [7, 11) is -2.61. The molecule has 118 valence electrons. The van der Waals surface area contributed by atoms with Gasteiger partial charge in [-0.25, -0.2) is 0 Å². The first-order valence-corrected chi connectivity index (χ1v) is 8.54. The third-order valence-corrected chi connectivity index (χ3v) is 5.83. The molecule has 1 saturated heterocycles. The zero-order chi connectivity index (χ0) is 16.3. The van der Waals surface area contributed by atoms with Gasteiger partial charge in [-0.3, -0.25) is 0 Å². The summed E-state index contributed by atoms with van der Waals surface area (Å²) in [6.45, 7) is 7.83. The minimum atomic E-state index is -3.66. The van der Waals surface area contributed by atoms with E-state index in [0.717, 1.165) is 0 Å². The summed E-state index contributed by atoms with van der Waals surface area (Å²) in [6.07, 6.45) is 0. The summed E-state index contributed by atoms with van der Waals surface area (Å²) >= 11 is 0. The molecule has 0 bridgehead atoms. The molecule has 0 atom stereocenters. The Morgan fingerprint density at radius 2 is 1.73 bits per heavy atom. The van der Waals surface area contributed by atoms with Crippen LogP contribution >= 0.6 is 0 Å². The van der Waals surface area contributed by atoms with E-state index in [1.807, 2.05) is 33.8 Å². The Kier molecular flexibility index (Phi) is 3.22. The van der Waals surface area contributed by atoms with Crippen molar-refractivity contribution in [2.24, 2.45) is 4.40 Å². The van der Waals surface area contributed by atoms with Gasteiger partial charge in [0.1, 0.15) is 5.84 Å². The van der Waals surface area contributed by atoms with Crippen molar-refractivity contribution in [3.63, 3.8) is 0 Å². The topological polar surface area (TPSA) is 77.0 Å². The number of nitrogens with one attached hydrogen (secondary N) is 1. The maximum Gasteiger partial charge on any atom is 0.494 e. The highest BCUT2D eigenvalue weighted by atomic mass is 32.2. The first-order chi connectivity index (χ1) is 10.1. The molecule has 22 heavy (non-hydrogen) atoms. The summed E-state index contributed by atoms with van der Waals surface area (Å²) in [5.74, 6) is 0.357. The van der Waals surface area contributed by atoms with Crippen LogP contribution in [-0.4, -0.2) is 39.6 Å². The Labute approximate surface area is 131 Å². The minimum Gasteiger partial charge on any atom is -0.399 e. The van der Waals surface area contributed by atoms with Crippen LogP contribution in [0.4, 0.5) is 0 Å². The van der Waals surface area contributed by atoms with E-state index in [0.29, 0.717) is 16.9 Å². The molecule has 3 rings (SSSR count). The van der Waals surface area contributed by atoms with Gasteiger partial charge in [-0.05, 0) is 39.2 Å². The number of rotatable bonds is 1. The average Bonchev–Trinajstić information content (AvgIpc) is 2.80. The van der Waals surface area contributed by atoms with E-state index in [2.05, 4.69) is 9.71 Å². The maximum atomic E-state index is 12.1. The van der Waals surface area contributed by atoms with E-state index in [1.165, 1.54) is 0 Å². The van der Waals surface area contributed by atoms with Crippen LogP contribution in [-0.2, 0) is 19.3 Å². The van der Waals surface area contributed by atoms with Gasteiger partial charge in [-0.15, -0.1) is 4.40 Å². The summed E-state index contributed by atoms with van der Waals surface area (Å²) in [5.41, 5.74) is 0.306. The largest absolute Gasteiger partial charge is 0.494 e. The third-order valence-electron chi connectivity index (χ3n) is 4.51. The molecule has 1 fully saturated rings. The average molecular weight is 322 g/mol. The van der Waals surface area contributed by atoms with E-state index < -0.39 is 28.3 Å². The van der Waals surface area contributed by atoms with Crippen molar-refractivity contribution in [2.45, 2.75) is 43.8 Å². The lowest BCUT2D eigenvalue weighted by Crippen LogP contribution is -2.41. The number of fused-ring (bicyclic) bond motifs is 1. The summed E-state index contributed by atoms with van der Waals surface area (Å²) in [5, 5.41) is 2.80. The molecule has 0 spiro atoms. The van der Waals surface area contributed by atoms with Crippen molar-refractivity contribution >= 4 is 28.4 Å². The number of nitrogens with zero attached hydrogens (tertiary/aromatic N) is 1. The fourth-order valence-electron chi connectivity index (χ4n) is 2.47. The van der Waals surface area contributed by atoms with Crippen LogP contribution < -0.4 is 10.8 Å². The van der Waals surface area contributed by atoms with E-state index >= 15 is 0 Å². The SMILES string of the molecule is CNC1=NS(=O)(=O)c2cc(B3OC(C)(C)C(C)(C)O3)ccc21. The Balaban J connectivity index is 2.01. The minimum absolute atomic E-state index is 0.184. The second-order valence-corrected chi connectivity index (χ2v) is 8.08. The van der Waals surface area contributed by atoms with Gasteiger partial charge in [0.2, 0.25) is 0 Å². The van der Waals surface area contributed by atoms with Crippen LogP contribution in [0.1, 0.15) is 33.3 Å². The number of benzene rings is 1. The van der Waals surface area contributed by atoms with E-state index in [9.17, 15) is 8.42 Å². The molecule has 1 aromatic carbocycles. The van der Waals surface area contributed by atoms with Crippen molar-refractivity contribution in [3.8, 4) is 0 Å². The van der Waals surface area contributed by atoms with Gasteiger partial charge < -0.3 is 14.6 Å². The van der Waals surface area contributed by atoms with Crippen LogP contribution in [0.5, 0.6) is 0 Å². The molecule has 2 heterocycles. The fourth-order valence-corrected chi connectivity index (χ4v) is 3.73. The van der Waals surface area contributed by atoms with Gasteiger partial charge in [0.05, 0.1) is 16.1 Å². The predicted octanol–water partition coefficient (Wildman–Crippen LogP) is 0.654. The zero-order valence-corrected chi connectivity index (χ0v) is 14.1. The molecule has 2 aliphatic rings. The Morgan fingerprint density at radius 1 is 1.14 bits per heavy atom. The molecular weight excluding hydrogens is 303 g/mol. The molecule has 0 aromatic heterocycles. The lowest BCUT2D eigenvalue weighted by molar-refractivity contribution is 0.00578. The first kappa shape index (κ1) is 15.5. The third kappa shape index (κ3) is 2.17. The quantitative estimate of drug-likeness (QED) is 0.769. The highest BCUT2D eigenvalue weighted by Crippen LogP contribution is 2.37. The van der Waals surface area contributed by atoms with Crippen LogP contribution in [0, 0.1) is 0 Å². The molecule has 1 N–H and O–H groups in total. The van der Waals surface area contributed by atoms with Crippen LogP contribution in [0.3, 0.4) is 0 Å². The van der Waals surface area contributed by atoms with Crippen LogP contribution in [0.2, 0.25) is 0 Å². The van der Waals surface area contributed by atoms with Gasteiger partial charge in [-0.1, -0.05) is 12.1 Å². The van der Waals surface area contributed by atoms with E-state index in [4.69, 9.17) is 9.31 Å². The highest BCUT2D eigenvalue weighted by Gasteiger charge is 2.52. The standard InChI is InChI=1S/C14H19BN2O4S/c1-13(2)14(3,4)21-15(20-13)9-6-7-10-11(8-9)22(18,19)17-12(10)16-5/h6-8H,1-5H3,(H,16,17). The fraction of sp³-hybridized carbons (Fsp3) is 0.500. The smallest absolute Gasteiger partial charge is 0.399 e. The van der Waals surface area contributed by atoms with Crippen LogP contribution in [0.15, 0.2) is 27.5 Å². The number of hydrogen-bond donors (Lipinski definition) is 1. The van der Waals surface area contributed by atoms with Crippen molar-refractivity contribution in [3.05, 3.63) is 23.8 Å². The number of sulfonamides is 1. The molecular formula is C14H19BN2O4S. The monoisotopic (exact) mass is 322 g/mol. The molecule has 0 amide bonds.